The van der Waals surface area contributed by atoms with E-state index >= 15 is 0 Å². The lowest BCUT2D eigenvalue weighted by Crippen LogP contribution is -2.73. The average molecular weight is 1100 g/mol. The van der Waals surface area contributed by atoms with Crippen LogP contribution in [0.5, 0.6) is 0 Å². The summed E-state index contributed by atoms with van der Waals surface area (Å²) in [6.07, 6.45) is 5.11. The summed E-state index contributed by atoms with van der Waals surface area (Å²) in [6, 6.07) is 75.2. The predicted molar refractivity (Wildman–Crippen MR) is 306 cm³/mol. The van der Waals surface area contributed by atoms with Crippen LogP contribution >= 0.6 is 20.1 Å². The molecule has 0 saturated carbocycles. The molecule has 2 aliphatic heterocycles. The summed E-state index contributed by atoms with van der Waals surface area (Å²) in [5, 5.41) is 5.59. The third-order valence-electron chi connectivity index (χ3n) is 11.6. The Morgan fingerprint density at radius 3 is 0.486 bits per heavy atom. The van der Waals surface area contributed by atoms with Crippen molar-refractivity contribution in [3.63, 3.8) is 0 Å². The zero-order valence-corrected chi connectivity index (χ0v) is 47.9. The van der Waals surface area contributed by atoms with Crippen molar-refractivity contribution in [3.8, 4) is 0 Å². The Balaban J connectivity index is 0.000000211. The van der Waals surface area contributed by atoms with E-state index in [-0.39, 0.29) is 0 Å². The van der Waals surface area contributed by atoms with Crippen molar-refractivity contribution in [3.05, 3.63) is 243 Å². The second kappa shape index (κ2) is 31.6. The number of benzene rings is 8. The maximum absolute atomic E-state index is 12.0. The standard InChI is InChI=1S/2C24H22O3Si2.2C4H8O.2Al.2ClH/c2*25-28(21-13-5-1-6-14-21,22-15-7-2-8-16-22)27-29(26,23-17-9-3-10-18-23)24-19-11-4-12-20-24;2*1-2-4-5-3-1;;;;/h2*1-20,25-26H;2*1-4H2;;;2*1H/q;;;;2*+1;;/p-2. The minimum absolute atomic E-state index is 0.698. The fourth-order valence-corrected chi connectivity index (χ4v) is 21.6. The van der Waals surface area contributed by atoms with Gasteiger partial charge in [-0.3, -0.25) is 20.1 Å². The molecule has 10 rings (SSSR count). The van der Waals surface area contributed by atoms with E-state index in [1.807, 2.05) is 273 Å². The number of ether oxygens (including phenoxy) is 2. The molecule has 0 bridgehead atoms. The van der Waals surface area contributed by atoms with Gasteiger partial charge in [0.15, 0.2) is 0 Å². The molecular weight excluding hydrogens is 1040 g/mol. The van der Waals surface area contributed by atoms with Crippen LogP contribution in [0.2, 0.25) is 0 Å². The first kappa shape index (κ1) is 58.8. The average Bonchev–Trinajstić information content (AvgIpc) is 4.28. The van der Waals surface area contributed by atoms with E-state index < -0.39 is 34.2 Å². The van der Waals surface area contributed by atoms with Gasteiger partial charge in [-0.1, -0.05) is 243 Å². The fraction of sp³-hybridized carbons (Fsp3) is 0.143. The maximum atomic E-state index is 12.0. The van der Waals surface area contributed by atoms with E-state index in [2.05, 4.69) is 20.1 Å². The zero-order chi connectivity index (χ0) is 51.4. The largest absolute Gasteiger partial charge is 0.404 e. The molecule has 0 aromatic heterocycles. The highest BCUT2D eigenvalue weighted by atomic mass is 35.6. The third kappa shape index (κ3) is 16.5. The number of hydrogen-bond acceptors (Lipinski definition) is 8. The number of rotatable bonds is 12. The van der Waals surface area contributed by atoms with Crippen molar-refractivity contribution in [2.75, 3.05) is 26.4 Å². The van der Waals surface area contributed by atoms with Gasteiger partial charge in [0.25, 0.3) is 30.7 Å². The molecule has 0 spiro atoms. The Labute approximate surface area is 454 Å². The summed E-state index contributed by atoms with van der Waals surface area (Å²) in [5.41, 5.74) is 0. The lowest BCUT2D eigenvalue weighted by Gasteiger charge is -2.35. The minimum Gasteiger partial charge on any atom is -0.404 e. The number of hydrogen-bond donors (Lipinski definition) is 4. The first-order valence-corrected chi connectivity index (χ1v) is 34.5. The van der Waals surface area contributed by atoms with Gasteiger partial charge < -0.3 is 36.9 Å². The first-order valence-electron chi connectivity index (χ1n) is 23.6. The monoisotopic (exact) mass is 1100 g/mol. The minimum atomic E-state index is -3.69. The highest BCUT2D eigenvalue weighted by Gasteiger charge is 2.52. The molecule has 0 amide bonds. The Kier molecular flexibility index (Phi) is 25.8. The second-order valence-corrected chi connectivity index (χ2v) is 27.8. The van der Waals surface area contributed by atoms with E-state index in [1.54, 1.807) is 0 Å². The second-order valence-electron chi connectivity index (χ2n) is 16.3. The smallest absolute Gasteiger partial charge is 0.396 e. The van der Waals surface area contributed by atoms with Gasteiger partial charge in [-0.15, -0.1) is 0 Å². The summed E-state index contributed by atoms with van der Waals surface area (Å²) >= 11 is 3.78. The Morgan fingerprint density at radius 2 is 0.389 bits per heavy atom. The van der Waals surface area contributed by atoms with Crippen LogP contribution in [0.3, 0.4) is 0 Å². The van der Waals surface area contributed by atoms with Crippen LogP contribution in [0.4, 0.5) is 0 Å². The van der Waals surface area contributed by atoms with Gasteiger partial charge in [-0.25, -0.2) is 0 Å². The lowest BCUT2D eigenvalue weighted by atomic mass is 10.4. The first-order chi connectivity index (χ1) is 35.3. The number of halogens is 2. The van der Waals surface area contributed by atoms with Gasteiger partial charge in [-0.05, 0) is 67.2 Å². The molecule has 368 valence electrons. The Morgan fingerprint density at radius 1 is 0.264 bits per heavy atom. The summed E-state index contributed by atoms with van der Waals surface area (Å²) in [7, 11) is -5.65. The predicted octanol–water partition coefficient (Wildman–Crippen LogP) is 5.21. The molecule has 4 radical (unpaired) electrons. The molecule has 8 aromatic rings. The maximum Gasteiger partial charge on any atom is 0.396 e. The van der Waals surface area contributed by atoms with Crippen LogP contribution in [0.15, 0.2) is 243 Å². The summed E-state index contributed by atoms with van der Waals surface area (Å²) in [5.74, 6) is 0. The van der Waals surface area contributed by atoms with E-state index in [0.29, 0.717) is 41.5 Å². The molecule has 72 heavy (non-hydrogen) atoms. The van der Waals surface area contributed by atoms with Crippen LogP contribution in [-0.4, -0.2) is 111 Å². The van der Waals surface area contributed by atoms with E-state index in [0.717, 1.165) is 26.4 Å². The molecule has 2 fully saturated rings. The topological polar surface area (TPSA) is 118 Å². The van der Waals surface area contributed by atoms with Gasteiger partial charge in [0.1, 0.15) is 0 Å². The highest BCUT2D eigenvalue weighted by molar-refractivity contribution is 7.04. The van der Waals surface area contributed by atoms with E-state index in [9.17, 15) is 19.2 Å². The summed E-state index contributed by atoms with van der Waals surface area (Å²) < 4.78 is 23.0. The molecule has 8 nitrogen and oxygen atoms in total. The molecule has 2 saturated heterocycles. The lowest BCUT2D eigenvalue weighted by molar-refractivity contribution is 0.198. The van der Waals surface area contributed by atoms with Crippen molar-refractivity contribution in [2.24, 2.45) is 0 Å². The Bertz CT molecular complexity index is 2110. The molecular formula is C56H60Al2Cl2O8Si4. The molecule has 2 heterocycles. The zero-order valence-electron chi connectivity index (χ0n) is 40.1. The van der Waals surface area contributed by atoms with Crippen molar-refractivity contribution < 1.29 is 36.9 Å². The van der Waals surface area contributed by atoms with E-state index in [4.69, 9.17) is 17.7 Å². The molecule has 4 N–H and O–H groups in total. The SMILES string of the molecule is C1CCOC1.C1CCOC1.O[Si](O[Si](O)(c1ccccc1)c1ccccc1)(c1ccccc1)c1ccccc1.O[Si](O[Si](O)(c1ccccc1)c1ccccc1)(c1ccccc1)c1ccccc1.[Al][Cl].[Al][Cl]. The van der Waals surface area contributed by atoms with Gasteiger partial charge in [0.2, 0.25) is 0 Å². The molecule has 0 unspecified atom stereocenters. The van der Waals surface area contributed by atoms with Crippen molar-refractivity contribution in [1.82, 2.24) is 0 Å². The van der Waals surface area contributed by atoms with Gasteiger partial charge >= 0.3 is 34.2 Å². The van der Waals surface area contributed by atoms with Crippen LogP contribution in [-0.2, 0) is 17.7 Å². The fourth-order valence-electron chi connectivity index (χ4n) is 7.90. The van der Waals surface area contributed by atoms with Crippen LogP contribution in [0.1, 0.15) is 25.7 Å². The van der Waals surface area contributed by atoms with E-state index in [1.165, 1.54) is 25.7 Å². The summed E-state index contributed by atoms with van der Waals surface area (Å²) in [6.45, 7) is 4.00. The van der Waals surface area contributed by atoms with Gasteiger partial charge in [0.05, 0.1) is 0 Å². The van der Waals surface area contributed by atoms with Gasteiger partial charge in [-0.2, -0.15) is 0 Å². The van der Waals surface area contributed by atoms with Crippen molar-refractivity contribution >= 4 is 127 Å². The molecule has 2 aliphatic rings. The van der Waals surface area contributed by atoms with Crippen LogP contribution < -0.4 is 41.5 Å². The normalized spacial score (nSPS) is 13.1. The Hall–Kier alpha value is -4.05. The highest BCUT2D eigenvalue weighted by Crippen LogP contribution is 2.15. The molecule has 8 aromatic carbocycles. The molecule has 0 aliphatic carbocycles. The quantitative estimate of drug-likeness (QED) is 0.123. The molecule has 0 atom stereocenters. The van der Waals surface area contributed by atoms with Crippen LogP contribution in [0.25, 0.3) is 0 Å². The van der Waals surface area contributed by atoms with Crippen molar-refractivity contribution in [2.45, 2.75) is 25.7 Å². The van der Waals surface area contributed by atoms with Crippen molar-refractivity contribution in [1.29, 1.82) is 0 Å². The third-order valence-corrected chi connectivity index (χ3v) is 25.2. The van der Waals surface area contributed by atoms with Crippen LogP contribution in [0, 0.1) is 0 Å². The van der Waals surface area contributed by atoms with Gasteiger partial charge in [0, 0.05) is 26.4 Å². The molecule has 16 heteroatoms. The summed E-state index contributed by atoms with van der Waals surface area (Å²) in [4.78, 5) is 48.0.